The number of aliphatic carboxylic acids is 1. The molecule has 1 aromatic carbocycles. The minimum Gasteiger partial charge on any atom is -0.480 e. The van der Waals surface area contributed by atoms with Gasteiger partial charge in [0.05, 0.1) is 24.9 Å². The molecular weight excluding hydrogens is 308 g/mol. The second kappa shape index (κ2) is 4.81. The van der Waals surface area contributed by atoms with Crippen LogP contribution in [0.3, 0.4) is 0 Å². The summed E-state index contributed by atoms with van der Waals surface area (Å²) in [4.78, 5) is 18.0. The lowest BCUT2D eigenvalue weighted by Crippen LogP contribution is -2.52. The maximum atomic E-state index is 12.3. The third-order valence-electron chi connectivity index (χ3n) is 6.10. The quantitative estimate of drug-likeness (QED) is 0.737. The molecule has 0 spiro atoms. The molecule has 6 heteroatoms. The summed E-state index contributed by atoms with van der Waals surface area (Å²) in [6.45, 7) is 1.62. The van der Waals surface area contributed by atoms with Gasteiger partial charge in [0.1, 0.15) is 0 Å². The molecule has 4 atom stereocenters. The van der Waals surface area contributed by atoms with Crippen molar-refractivity contribution in [3.05, 3.63) is 35.5 Å². The molecule has 0 saturated carbocycles. The van der Waals surface area contributed by atoms with Crippen molar-refractivity contribution in [2.24, 2.45) is 0 Å². The van der Waals surface area contributed by atoms with Crippen molar-refractivity contribution in [1.82, 2.24) is 9.88 Å². The first-order valence-electron chi connectivity index (χ1n) is 8.51. The molecule has 1 saturated heterocycles. The molecule has 4 heterocycles. The Morgan fingerprint density at radius 3 is 2.92 bits per heavy atom. The number of para-hydroxylation sites is 1. The number of aliphatic hydroxyl groups excluding tert-OH is 1. The molecule has 126 valence electrons. The van der Waals surface area contributed by atoms with Gasteiger partial charge in [-0.15, -0.1) is 0 Å². The van der Waals surface area contributed by atoms with E-state index in [1.54, 1.807) is 0 Å². The van der Waals surface area contributed by atoms with Gasteiger partial charge in [0.25, 0.3) is 0 Å². The summed E-state index contributed by atoms with van der Waals surface area (Å²) in [6, 6.07) is 7.98. The van der Waals surface area contributed by atoms with Crippen molar-refractivity contribution in [3.8, 4) is 0 Å². The van der Waals surface area contributed by atoms with E-state index in [4.69, 9.17) is 4.74 Å². The van der Waals surface area contributed by atoms with Gasteiger partial charge < -0.3 is 19.9 Å². The Morgan fingerprint density at radius 1 is 1.29 bits per heavy atom. The van der Waals surface area contributed by atoms with Crippen molar-refractivity contribution in [1.29, 1.82) is 0 Å². The van der Waals surface area contributed by atoms with Gasteiger partial charge in [0, 0.05) is 35.2 Å². The predicted octanol–water partition coefficient (Wildman–Crippen LogP) is 1.40. The zero-order valence-corrected chi connectivity index (χ0v) is 13.2. The van der Waals surface area contributed by atoms with Crippen LogP contribution in [-0.2, 0) is 14.9 Å². The molecule has 0 unspecified atom stereocenters. The lowest BCUT2D eigenvalue weighted by molar-refractivity contribution is -0.154. The average Bonchev–Trinajstić information content (AvgIpc) is 3.10. The summed E-state index contributed by atoms with van der Waals surface area (Å²) in [6.07, 6.45) is 0.333. The van der Waals surface area contributed by atoms with Gasteiger partial charge in [0.2, 0.25) is 0 Å². The number of aromatic amines is 1. The summed E-state index contributed by atoms with van der Waals surface area (Å²) < 4.78 is 6.06. The summed E-state index contributed by atoms with van der Waals surface area (Å²) in [5.74, 6) is -1.02. The summed E-state index contributed by atoms with van der Waals surface area (Å²) >= 11 is 0. The van der Waals surface area contributed by atoms with E-state index < -0.39 is 17.5 Å². The molecule has 6 nitrogen and oxygen atoms in total. The Labute approximate surface area is 139 Å². The average molecular weight is 328 g/mol. The van der Waals surface area contributed by atoms with E-state index in [9.17, 15) is 15.0 Å². The zero-order chi connectivity index (χ0) is 16.5. The smallest absolute Gasteiger partial charge is 0.320 e. The number of aromatic nitrogens is 1. The Kier molecular flexibility index (Phi) is 2.90. The number of rotatable bonds is 1. The first kappa shape index (κ1) is 14.5. The fraction of sp³-hybridized carbons (Fsp3) is 0.500. The van der Waals surface area contributed by atoms with Gasteiger partial charge in [0.15, 0.2) is 5.41 Å². The molecule has 5 rings (SSSR count). The Bertz CT molecular complexity index is 832. The molecular formula is C18H20N2O4. The van der Waals surface area contributed by atoms with Crippen LogP contribution >= 0.6 is 0 Å². The molecule has 24 heavy (non-hydrogen) atoms. The number of nitrogens with one attached hydrogen (secondary N) is 1. The van der Waals surface area contributed by atoms with Crippen molar-refractivity contribution < 1.29 is 19.7 Å². The molecule has 2 bridgehead atoms. The third kappa shape index (κ3) is 1.63. The number of H-pyrrole nitrogens is 1. The minimum absolute atomic E-state index is 0.0122. The van der Waals surface area contributed by atoms with E-state index in [-0.39, 0.29) is 18.8 Å². The Hall–Kier alpha value is -1.89. The van der Waals surface area contributed by atoms with E-state index in [1.807, 2.05) is 24.3 Å². The number of carboxylic acids is 1. The third-order valence-corrected chi connectivity index (χ3v) is 6.10. The van der Waals surface area contributed by atoms with Gasteiger partial charge in [-0.1, -0.05) is 18.2 Å². The SMILES string of the molecule is O=C(O)[C@@]12CO[C@@H]3CCN(CC[C@@H]1O)[C@@H]3c1c2[nH]c2ccccc12. The van der Waals surface area contributed by atoms with Gasteiger partial charge >= 0.3 is 5.97 Å². The van der Waals surface area contributed by atoms with Crippen LogP contribution < -0.4 is 0 Å². The molecule has 0 amide bonds. The number of ether oxygens (including phenoxy) is 1. The normalized spacial score (nSPS) is 35.5. The largest absolute Gasteiger partial charge is 0.480 e. The van der Waals surface area contributed by atoms with Gasteiger partial charge in [-0.05, 0) is 18.9 Å². The fourth-order valence-electron chi connectivity index (χ4n) is 4.86. The van der Waals surface area contributed by atoms with Crippen molar-refractivity contribution in [2.45, 2.75) is 36.5 Å². The lowest BCUT2D eigenvalue weighted by atomic mass is 9.75. The fourth-order valence-corrected chi connectivity index (χ4v) is 4.86. The van der Waals surface area contributed by atoms with Crippen LogP contribution in [0.4, 0.5) is 0 Å². The number of nitrogens with zero attached hydrogens (tertiary/aromatic N) is 1. The van der Waals surface area contributed by atoms with E-state index in [0.717, 1.165) is 29.4 Å². The summed E-state index contributed by atoms with van der Waals surface area (Å²) in [7, 11) is 0. The number of hydrogen-bond donors (Lipinski definition) is 3. The van der Waals surface area contributed by atoms with Crippen LogP contribution in [0, 0.1) is 0 Å². The summed E-state index contributed by atoms with van der Waals surface area (Å²) in [5.41, 5.74) is 1.13. The van der Waals surface area contributed by atoms with Crippen LogP contribution in [-0.4, -0.2) is 58.0 Å². The number of carboxylic acid groups (broad SMARTS) is 1. The number of hydrogen-bond acceptors (Lipinski definition) is 4. The van der Waals surface area contributed by atoms with E-state index >= 15 is 0 Å². The molecule has 1 aromatic heterocycles. The zero-order valence-electron chi connectivity index (χ0n) is 13.2. The first-order chi connectivity index (χ1) is 11.6. The van der Waals surface area contributed by atoms with E-state index in [0.29, 0.717) is 18.7 Å². The molecule has 0 radical (unpaired) electrons. The van der Waals surface area contributed by atoms with Crippen LogP contribution in [0.5, 0.6) is 0 Å². The van der Waals surface area contributed by atoms with Crippen LogP contribution in [0.25, 0.3) is 10.9 Å². The van der Waals surface area contributed by atoms with Crippen LogP contribution in [0.2, 0.25) is 0 Å². The van der Waals surface area contributed by atoms with Crippen LogP contribution in [0.15, 0.2) is 24.3 Å². The van der Waals surface area contributed by atoms with E-state index in [1.165, 1.54) is 0 Å². The maximum absolute atomic E-state index is 12.3. The molecule has 3 aliphatic rings. The Morgan fingerprint density at radius 2 is 2.08 bits per heavy atom. The highest BCUT2D eigenvalue weighted by Gasteiger charge is 2.57. The number of aliphatic hydroxyl groups is 1. The van der Waals surface area contributed by atoms with Crippen molar-refractivity contribution in [3.63, 3.8) is 0 Å². The Balaban J connectivity index is 1.89. The van der Waals surface area contributed by atoms with Gasteiger partial charge in [-0.3, -0.25) is 9.69 Å². The predicted molar refractivity (Wildman–Crippen MR) is 86.9 cm³/mol. The van der Waals surface area contributed by atoms with Gasteiger partial charge in [-0.2, -0.15) is 0 Å². The van der Waals surface area contributed by atoms with Crippen molar-refractivity contribution >= 4 is 16.9 Å². The highest BCUT2D eigenvalue weighted by Crippen LogP contribution is 2.49. The minimum atomic E-state index is -1.43. The maximum Gasteiger partial charge on any atom is 0.320 e. The first-order valence-corrected chi connectivity index (χ1v) is 8.51. The number of fused-ring (bicyclic) bond motifs is 1. The summed E-state index contributed by atoms with van der Waals surface area (Å²) in [5, 5.41) is 22.0. The second-order valence-corrected chi connectivity index (χ2v) is 7.16. The highest BCUT2D eigenvalue weighted by molar-refractivity contribution is 5.91. The van der Waals surface area contributed by atoms with Gasteiger partial charge in [-0.25, -0.2) is 0 Å². The molecule has 2 aromatic rings. The molecule has 3 N–H and O–H groups in total. The van der Waals surface area contributed by atoms with E-state index in [2.05, 4.69) is 9.88 Å². The topological polar surface area (TPSA) is 85.8 Å². The molecule has 3 aliphatic heterocycles. The van der Waals surface area contributed by atoms with Crippen LogP contribution in [0.1, 0.15) is 30.1 Å². The number of benzene rings is 1. The number of carbonyl (C=O) groups is 1. The second-order valence-electron chi connectivity index (χ2n) is 7.16. The molecule has 0 aliphatic carbocycles. The standard InChI is InChI=1S/C18H20N2O4/c21-13-6-8-20-7-5-12-15(20)14-10-3-1-2-4-11(10)19-16(14)18(13,9-24-12)17(22)23/h1-4,12-13,15,19,21H,5-9H2,(H,22,23)/t12-,13+,15+,18+/m1/s1. The highest BCUT2D eigenvalue weighted by atomic mass is 16.5. The van der Waals surface area contributed by atoms with Crippen molar-refractivity contribution in [2.75, 3.05) is 19.7 Å². The lowest BCUT2D eigenvalue weighted by Gasteiger charge is -2.36. The monoisotopic (exact) mass is 328 g/mol. The molecule has 1 fully saturated rings.